The molecule has 0 amide bonds. The molecule has 0 aromatic carbocycles. The van der Waals surface area contributed by atoms with Gasteiger partial charge in [0.25, 0.3) is 0 Å². The van der Waals surface area contributed by atoms with Gasteiger partial charge in [0.05, 0.1) is 29.4 Å². The smallest absolute Gasteiger partial charge is 0.340 e. The van der Waals surface area contributed by atoms with Gasteiger partial charge in [-0.05, 0) is 221 Å². The molecule has 1 unspecified atom stereocenters. The number of nitrogens with zero attached hydrogens (tertiary/aromatic N) is 3. The minimum absolute atomic E-state index is 0. The van der Waals surface area contributed by atoms with Gasteiger partial charge in [0.15, 0.2) is 58.2 Å². The largest absolute Gasteiger partial charge is 0.437 e. The molecule has 0 fully saturated rings. The van der Waals surface area contributed by atoms with E-state index in [-0.39, 0.29) is 24.2 Å². The standard InChI is InChI=1S/C11H15N3.2C9H28O2Si4.C9H24O2Si3.C6H16OSi.C5H11OSi.CH3.Co/c1-8(12-3)10-6-5-7-11(14-10)9(2)13-4;1-13(2,3)10-15(7,9-8-12)11-14(4,5)6;1-9(12)15(8,10-13(2,3)4)11-14(5,6)7;1-9-14(8,10-12(2,3)4)11-13(5,6)7;1-6(2)7-8(3,4)5;1-4-5-6-7(2)3;;/h5-7H,1-4H3;8-9H2,1-7,12H3;9H,1-8,12H3;9H,1H2,2-8H3;6H,1-5H3;4H,1,5H2,2-3H3;1H3;/q;;;;;;-1;. The Morgan fingerprint density at radius 2 is 0.920 bits per heavy atom. The summed E-state index contributed by atoms with van der Waals surface area (Å²) in [7, 11) is -10.5. The van der Waals surface area contributed by atoms with E-state index in [1.807, 2.05) is 37.7 Å². The molecule has 0 bridgehead atoms. The van der Waals surface area contributed by atoms with Crippen molar-refractivity contribution >= 4 is 125 Å². The van der Waals surface area contributed by atoms with Gasteiger partial charge in [-0.3, -0.25) is 9.98 Å². The van der Waals surface area contributed by atoms with E-state index in [1.54, 1.807) is 20.2 Å². The van der Waals surface area contributed by atoms with E-state index in [2.05, 4.69) is 219 Å². The van der Waals surface area contributed by atoms with Crippen LogP contribution < -0.4 is 0 Å². The van der Waals surface area contributed by atoms with Gasteiger partial charge in [0.2, 0.25) is 9.04 Å². The summed E-state index contributed by atoms with van der Waals surface area (Å²) in [6, 6.07) is 8.37. The number of rotatable bonds is 23. The van der Waals surface area contributed by atoms with Gasteiger partial charge in [0.1, 0.15) is 0 Å². The molecule has 0 N–H and O–H groups in total. The molecule has 2 radical (unpaired) electrons. The number of hydrogen-bond donors (Lipinski definition) is 0. The monoisotopic (exact) mass is 1320 g/mol. The fraction of sp³-hybridized carbons (Fsp3) is 0.760. The van der Waals surface area contributed by atoms with Crippen molar-refractivity contribution in [3.05, 3.63) is 61.9 Å². The van der Waals surface area contributed by atoms with Crippen molar-refractivity contribution in [2.75, 3.05) is 20.7 Å². The molecule has 450 valence electrons. The summed E-state index contributed by atoms with van der Waals surface area (Å²) < 4.78 is 48.5. The van der Waals surface area contributed by atoms with Crippen molar-refractivity contribution in [1.29, 1.82) is 0 Å². The molecule has 0 spiro atoms. The van der Waals surface area contributed by atoms with Gasteiger partial charge >= 0.3 is 25.7 Å². The maximum absolute atomic E-state index is 6.39. The molecule has 11 nitrogen and oxygen atoms in total. The first-order valence-corrected chi connectivity index (χ1v) is 62.7. The van der Waals surface area contributed by atoms with E-state index in [1.165, 1.54) is 32.6 Å². The topological polar surface area (TPSA) is 111 Å². The third-order valence-electron chi connectivity index (χ3n) is 8.44. The van der Waals surface area contributed by atoms with E-state index >= 15 is 0 Å². The Morgan fingerprint density at radius 1 is 0.600 bits per heavy atom. The van der Waals surface area contributed by atoms with Crippen molar-refractivity contribution in [2.45, 2.75) is 228 Å². The van der Waals surface area contributed by atoms with Gasteiger partial charge in [-0.1, -0.05) is 30.8 Å². The van der Waals surface area contributed by atoms with Crippen LogP contribution in [0.1, 0.15) is 46.0 Å². The van der Waals surface area contributed by atoms with Crippen LogP contribution in [-0.2, 0) is 50.3 Å². The van der Waals surface area contributed by atoms with Crippen molar-refractivity contribution in [1.82, 2.24) is 4.98 Å². The van der Waals surface area contributed by atoms with Crippen LogP contribution in [0.15, 0.2) is 53.1 Å². The Labute approximate surface area is 497 Å². The molecule has 1 aromatic rings. The summed E-state index contributed by atoms with van der Waals surface area (Å²) in [4.78, 5) is 12.7. The quantitative estimate of drug-likeness (QED) is 0.0458. The predicted molar refractivity (Wildman–Crippen MR) is 371 cm³/mol. The third kappa shape index (κ3) is 60.9. The average molecular weight is 1320 g/mol. The number of aromatic nitrogens is 1. The summed E-state index contributed by atoms with van der Waals surface area (Å²) in [5.41, 5.74) is 5.61. The van der Waals surface area contributed by atoms with Crippen molar-refractivity contribution in [3.8, 4) is 0 Å². The van der Waals surface area contributed by atoms with Gasteiger partial charge in [-0.2, -0.15) is 0 Å². The number of aliphatic imine (C=N–C) groups is 2. The zero-order valence-electron chi connectivity index (χ0n) is 56.0. The molecule has 0 aliphatic carbocycles. The zero-order valence-corrected chi connectivity index (χ0v) is 72.1. The second-order valence-corrected chi connectivity index (χ2v) is 75.5. The summed E-state index contributed by atoms with van der Waals surface area (Å²) in [5, 5.41) is 0.663. The molecule has 0 saturated heterocycles. The summed E-state index contributed by atoms with van der Waals surface area (Å²) in [6.07, 6.45) is 2.18. The van der Waals surface area contributed by atoms with Crippen molar-refractivity contribution in [3.63, 3.8) is 0 Å². The van der Waals surface area contributed by atoms with E-state index < -0.39 is 92.9 Å². The Balaban J connectivity index is -0.000000150. The first kappa shape index (κ1) is 89.8. The van der Waals surface area contributed by atoms with Crippen molar-refractivity contribution in [2.24, 2.45) is 9.98 Å². The molecular formula is C50H125CoN3O8Si13-. The van der Waals surface area contributed by atoms with E-state index in [9.17, 15) is 0 Å². The van der Waals surface area contributed by atoms with E-state index in [4.69, 9.17) is 33.5 Å². The van der Waals surface area contributed by atoms with Crippen LogP contribution in [0.2, 0.25) is 187 Å². The van der Waals surface area contributed by atoms with Gasteiger partial charge in [0, 0.05) is 57.5 Å². The summed E-state index contributed by atoms with van der Waals surface area (Å²) in [5.74, 6) is 0. The van der Waals surface area contributed by atoms with Crippen LogP contribution in [0.4, 0.5) is 0 Å². The second-order valence-electron chi connectivity index (χ2n) is 26.4. The molecule has 0 aliphatic rings. The van der Waals surface area contributed by atoms with E-state index in [0.29, 0.717) is 17.9 Å². The van der Waals surface area contributed by atoms with Crippen molar-refractivity contribution < 1.29 is 50.3 Å². The average Bonchev–Trinajstić information content (AvgIpc) is 3.12. The van der Waals surface area contributed by atoms with Gasteiger partial charge in [-0.15, -0.1) is 13.2 Å². The van der Waals surface area contributed by atoms with Gasteiger partial charge < -0.3 is 41.0 Å². The normalized spacial score (nSPS) is 13.6. The van der Waals surface area contributed by atoms with Crippen LogP contribution in [0.25, 0.3) is 0 Å². The number of pyridine rings is 1. The second kappa shape index (κ2) is 40.2. The van der Waals surface area contributed by atoms with Gasteiger partial charge in [-0.25, -0.2) is 4.98 Å². The Bertz CT molecular complexity index is 1640. The molecule has 1 aromatic heterocycles. The molecule has 75 heavy (non-hydrogen) atoms. The molecule has 1 atom stereocenters. The Hall–Kier alpha value is 0.976. The summed E-state index contributed by atoms with van der Waals surface area (Å²) in [6.45, 7) is 76.2. The molecule has 0 aliphatic heterocycles. The SMILES string of the molecule is C=CCO[Si](C)C.C=C[Si](C)(O[Si](C)(C)C)O[Si](C)(C)C.CC(C)O[Si](C)(C)C.CC([SiH3])[Si](C)(O[Si](C)(C)C)O[Si](C)(C)C.CN=C(C)c1cccc(C(C)=NC)n1.C[Si](C)(C)O[Si](C)(CC[SiH3])O[Si](C)(C)C.[CH3-].[Co]. The zero-order chi connectivity index (χ0) is 59.5. The van der Waals surface area contributed by atoms with E-state index in [0.717, 1.165) is 22.8 Å². The number of hydrogen-bond acceptors (Lipinski definition) is 11. The van der Waals surface area contributed by atoms with Crippen LogP contribution in [-0.4, -0.2) is 157 Å². The molecule has 0 saturated carbocycles. The first-order chi connectivity index (χ1) is 32.2. The van der Waals surface area contributed by atoms with Crippen LogP contribution in [0, 0.1) is 7.43 Å². The minimum atomic E-state index is -2.11. The maximum Gasteiger partial charge on any atom is 0.340 e. The fourth-order valence-corrected chi connectivity index (χ4v) is 49.1. The third-order valence-corrected chi connectivity index (χ3v) is 43.9. The van der Waals surface area contributed by atoms with Crippen LogP contribution >= 0.6 is 0 Å². The fourth-order valence-electron chi connectivity index (χ4n) is 6.66. The Morgan fingerprint density at radius 3 is 1.09 bits per heavy atom. The molecule has 1 rings (SSSR count). The van der Waals surface area contributed by atoms with Crippen LogP contribution in [0.3, 0.4) is 0 Å². The maximum atomic E-state index is 6.39. The molecule has 25 heteroatoms. The molecule has 1 heterocycles. The minimum Gasteiger partial charge on any atom is -0.437 e. The Kier molecular flexibility index (Phi) is 48.2. The first-order valence-electron chi connectivity index (χ1n) is 26.6. The summed E-state index contributed by atoms with van der Waals surface area (Å²) >= 11 is 0. The molecular weight excluding hydrogens is 1190 g/mol. The predicted octanol–water partition coefficient (Wildman–Crippen LogP) is 14.6. The van der Waals surface area contributed by atoms with Crippen LogP contribution in [0.5, 0.6) is 0 Å².